The van der Waals surface area contributed by atoms with E-state index >= 15 is 0 Å². The van der Waals surface area contributed by atoms with Gasteiger partial charge in [0.05, 0.1) is 0 Å². The average molecular weight is 223 g/mol. The number of aryl methyl sites for hydroxylation is 1. The van der Waals surface area contributed by atoms with Gasteiger partial charge in [-0.05, 0) is 41.8 Å². The van der Waals surface area contributed by atoms with Gasteiger partial charge in [0.1, 0.15) is 0 Å². The minimum Gasteiger partial charge on any atom is -0.0761 e. The standard InChI is InChI=1S/C11H11Br/c1-8-6-7-11(12)10-5-3-2-4-9(8)10/h4-7H,2-3H2,1H3. The molecule has 0 unspecified atom stereocenters. The molecule has 62 valence electrons. The van der Waals surface area contributed by atoms with Crippen molar-refractivity contribution in [3.05, 3.63) is 32.6 Å². The molecule has 0 spiro atoms. The molecule has 0 saturated carbocycles. The highest BCUT2D eigenvalue weighted by atomic mass is 79.9. The Bertz CT molecular complexity index is 374. The Hall–Kier alpha value is -0.560. The maximum Gasteiger partial charge on any atom is 0.0250 e. The monoisotopic (exact) mass is 222 g/mol. The van der Waals surface area contributed by atoms with E-state index in [1.165, 1.54) is 33.3 Å². The van der Waals surface area contributed by atoms with Crippen molar-refractivity contribution in [3.63, 3.8) is 0 Å². The van der Waals surface area contributed by atoms with Crippen LogP contribution in [-0.2, 0) is 0 Å². The van der Waals surface area contributed by atoms with E-state index in [2.05, 4.69) is 47.1 Å². The van der Waals surface area contributed by atoms with Crippen LogP contribution in [0, 0.1) is 6.92 Å². The number of hydrogen-bond acceptors (Lipinski definition) is 0. The highest BCUT2D eigenvalue weighted by Gasteiger charge is 1.99. The fourth-order valence-corrected chi connectivity index (χ4v) is 2.16. The molecule has 0 nitrogen and oxygen atoms in total. The Morgan fingerprint density at radius 1 is 1.08 bits per heavy atom. The molecule has 12 heavy (non-hydrogen) atoms. The van der Waals surface area contributed by atoms with E-state index < -0.39 is 0 Å². The second kappa shape index (κ2) is 3.06. The van der Waals surface area contributed by atoms with E-state index in [0.717, 1.165) is 0 Å². The predicted molar refractivity (Wildman–Crippen MR) is 56.3 cm³/mol. The molecule has 1 aromatic carbocycles. The zero-order valence-corrected chi connectivity index (χ0v) is 8.69. The number of hydrogen-bond donors (Lipinski definition) is 0. The topological polar surface area (TPSA) is 0 Å². The van der Waals surface area contributed by atoms with Crippen molar-refractivity contribution in [2.75, 3.05) is 0 Å². The summed E-state index contributed by atoms with van der Waals surface area (Å²) in [6, 6.07) is 4.29. The molecule has 2 rings (SSSR count). The zero-order valence-electron chi connectivity index (χ0n) is 7.10. The third-order valence-corrected chi connectivity index (χ3v) is 3.01. The Balaban J connectivity index is 2.92. The molecule has 0 aliphatic heterocycles. The summed E-state index contributed by atoms with van der Waals surface area (Å²) in [5, 5.41) is 2.79. The lowest BCUT2D eigenvalue weighted by atomic mass is 10.0. The summed E-state index contributed by atoms with van der Waals surface area (Å²) < 4.78 is 1.22. The maximum atomic E-state index is 3.56. The van der Waals surface area contributed by atoms with Crippen LogP contribution >= 0.6 is 15.9 Å². The number of fused-ring (bicyclic) bond motifs is 1. The van der Waals surface area contributed by atoms with Crippen LogP contribution in [-0.4, -0.2) is 0 Å². The summed E-state index contributed by atoms with van der Waals surface area (Å²) in [5.41, 5.74) is 1.38. The lowest BCUT2D eigenvalue weighted by Gasteiger charge is -2.04. The zero-order chi connectivity index (χ0) is 8.55. The van der Waals surface area contributed by atoms with E-state index in [1.807, 2.05) is 0 Å². The van der Waals surface area contributed by atoms with Crippen molar-refractivity contribution in [1.82, 2.24) is 0 Å². The SMILES string of the molecule is Cc1ccc(Br)c2c1=CCCC=2. The fraction of sp³-hybridized carbons (Fsp3) is 0.273. The van der Waals surface area contributed by atoms with Crippen molar-refractivity contribution in [3.8, 4) is 0 Å². The Morgan fingerprint density at radius 3 is 2.42 bits per heavy atom. The summed E-state index contributed by atoms with van der Waals surface area (Å²) in [6.07, 6.45) is 7.00. The normalized spacial score (nSPS) is 14.5. The number of halogens is 1. The smallest absolute Gasteiger partial charge is 0.0250 e. The van der Waals surface area contributed by atoms with Crippen molar-refractivity contribution >= 4 is 28.1 Å². The van der Waals surface area contributed by atoms with Gasteiger partial charge in [-0.25, -0.2) is 0 Å². The molecule has 1 aliphatic rings. The van der Waals surface area contributed by atoms with Crippen LogP contribution in [0.4, 0.5) is 0 Å². The summed E-state index contributed by atoms with van der Waals surface area (Å²) in [5.74, 6) is 0. The fourth-order valence-electron chi connectivity index (χ4n) is 1.65. The third-order valence-electron chi connectivity index (χ3n) is 2.32. The van der Waals surface area contributed by atoms with E-state index in [1.54, 1.807) is 0 Å². The minimum absolute atomic E-state index is 1.18. The first-order valence-electron chi connectivity index (χ1n) is 4.24. The van der Waals surface area contributed by atoms with Gasteiger partial charge in [0, 0.05) is 4.47 Å². The van der Waals surface area contributed by atoms with Gasteiger partial charge >= 0.3 is 0 Å². The summed E-state index contributed by atoms with van der Waals surface area (Å²) in [6.45, 7) is 2.17. The maximum absolute atomic E-state index is 3.56. The lowest BCUT2D eigenvalue weighted by Crippen LogP contribution is -2.30. The molecule has 0 fully saturated rings. The first kappa shape index (κ1) is 8.06. The first-order chi connectivity index (χ1) is 5.79. The van der Waals surface area contributed by atoms with Crippen molar-refractivity contribution < 1.29 is 0 Å². The van der Waals surface area contributed by atoms with Crippen LogP contribution in [0.15, 0.2) is 16.6 Å². The summed E-state index contributed by atoms with van der Waals surface area (Å²) in [7, 11) is 0. The van der Waals surface area contributed by atoms with Crippen molar-refractivity contribution in [2.45, 2.75) is 19.8 Å². The third kappa shape index (κ3) is 1.22. The molecule has 0 N–H and O–H groups in total. The van der Waals surface area contributed by atoms with Gasteiger partial charge in [-0.15, -0.1) is 0 Å². The van der Waals surface area contributed by atoms with Crippen LogP contribution in [0.3, 0.4) is 0 Å². The van der Waals surface area contributed by atoms with Gasteiger partial charge in [0.15, 0.2) is 0 Å². The van der Waals surface area contributed by atoms with Gasteiger partial charge in [-0.1, -0.05) is 34.1 Å². The predicted octanol–water partition coefficient (Wildman–Crippen LogP) is 2.11. The van der Waals surface area contributed by atoms with E-state index in [0.29, 0.717) is 0 Å². The van der Waals surface area contributed by atoms with E-state index in [9.17, 15) is 0 Å². The molecule has 0 amide bonds. The molecule has 0 heterocycles. The molecule has 1 aromatic rings. The van der Waals surface area contributed by atoms with Crippen molar-refractivity contribution in [1.29, 1.82) is 0 Å². The first-order valence-corrected chi connectivity index (χ1v) is 5.04. The lowest BCUT2D eigenvalue weighted by molar-refractivity contribution is 1.10. The molecule has 1 aliphatic carbocycles. The van der Waals surface area contributed by atoms with Gasteiger partial charge in [-0.2, -0.15) is 0 Å². The average Bonchev–Trinajstić information content (AvgIpc) is 2.12. The molecular weight excluding hydrogens is 212 g/mol. The Morgan fingerprint density at radius 2 is 1.75 bits per heavy atom. The summed E-state index contributed by atoms with van der Waals surface area (Å²) >= 11 is 3.56. The van der Waals surface area contributed by atoms with Gasteiger partial charge < -0.3 is 0 Å². The second-order valence-electron chi connectivity index (χ2n) is 3.18. The highest BCUT2D eigenvalue weighted by Crippen LogP contribution is 2.05. The van der Waals surface area contributed by atoms with Crippen LogP contribution in [0.2, 0.25) is 0 Å². The molecule has 0 bridgehead atoms. The summed E-state index contributed by atoms with van der Waals surface area (Å²) in [4.78, 5) is 0. The molecular formula is C11H11Br. The van der Waals surface area contributed by atoms with Crippen molar-refractivity contribution in [2.24, 2.45) is 0 Å². The van der Waals surface area contributed by atoms with E-state index in [4.69, 9.17) is 0 Å². The number of rotatable bonds is 0. The highest BCUT2D eigenvalue weighted by molar-refractivity contribution is 9.10. The Kier molecular flexibility index (Phi) is 2.05. The largest absolute Gasteiger partial charge is 0.0761 e. The van der Waals surface area contributed by atoms with E-state index in [-0.39, 0.29) is 0 Å². The molecule has 0 saturated heterocycles. The number of benzene rings is 1. The molecule has 0 radical (unpaired) electrons. The molecule has 0 aromatic heterocycles. The quantitative estimate of drug-likeness (QED) is 0.631. The van der Waals surface area contributed by atoms with Crippen LogP contribution in [0.5, 0.6) is 0 Å². The second-order valence-corrected chi connectivity index (χ2v) is 4.03. The van der Waals surface area contributed by atoms with Crippen LogP contribution < -0.4 is 10.4 Å². The Labute approximate surface area is 80.7 Å². The molecule has 1 heteroatoms. The van der Waals surface area contributed by atoms with Gasteiger partial charge in [0.25, 0.3) is 0 Å². The van der Waals surface area contributed by atoms with Crippen LogP contribution in [0.25, 0.3) is 12.2 Å². The van der Waals surface area contributed by atoms with Crippen LogP contribution in [0.1, 0.15) is 18.4 Å². The van der Waals surface area contributed by atoms with Gasteiger partial charge in [-0.3, -0.25) is 0 Å². The molecule has 0 atom stereocenters. The minimum atomic E-state index is 1.18. The van der Waals surface area contributed by atoms with Gasteiger partial charge in [0.2, 0.25) is 0 Å².